The standard InChI is InChI=1S/C28H20Cl2N2O/c29-22-16-15-21(24(30)17-22)18-33-25-14-8-7-13-23(25)28-31-26(19-9-3-1-4-10-19)27(32-28)20-11-5-2-6-12-20/h1-17H,18H2,(H,31,32). The fourth-order valence-electron chi connectivity index (χ4n) is 3.70. The molecule has 0 aliphatic rings. The SMILES string of the molecule is Clc1ccc(COc2ccccc2-c2nc(-c3ccccc3)c(-c3ccccc3)[nH]2)c(Cl)c1. The molecule has 1 heterocycles. The third-order valence-corrected chi connectivity index (χ3v) is 5.94. The van der Waals surface area contributed by atoms with Crippen LogP contribution in [0.25, 0.3) is 33.9 Å². The van der Waals surface area contributed by atoms with E-state index in [1.54, 1.807) is 6.07 Å². The van der Waals surface area contributed by atoms with E-state index < -0.39 is 0 Å². The summed E-state index contributed by atoms with van der Waals surface area (Å²) in [5.74, 6) is 1.46. The normalized spacial score (nSPS) is 10.8. The summed E-state index contributed by atoms with van der Waals surface area (Å²) in [6.07, 6.45) is 0. The average molecular weight is 471 g/mol. The third kappa shape index (κ3) is 4.65. The number of hydrogen-bond acceptors (Lipinski definition) is 2. The number of nitrogens with one attached hydrogen (secondary N) is 1. The van der Waals surface area contributed by atoms with Gasteiger partial charge < -0.3 is 9.72 Å². The minimum Gasteiger partial charge on any atom is -0.488 e. The lowest BCUT2D eigenvalue weighted by Gasteiger charge is -2.11. The molecule has 0 amide bonds. The van der Waals surface area contributed by atoms with E-state index in [2.05, 4.69) is 29.2 Å². The molecule has 5 heteroatoms. The molecule has 0 unspecified atom stereocenters. The molecule has 33 heavy (non-hydrogen) atoms. The molecule has 5 aromatic rings. The van der Waals surface area contributed by atoms with Crippen molar-refractivity contribution in [3.8, 4) is 39.7 Å². The van der Waals surface area contributed by atoms with Crippen LogP contribution in [0.5, 0.6) is 5.75 Å². The Hall–Kier alpha value is -3.53. The summed E-state index contributed by atoms with van der Waals surface area (Å²) >= 11 is 12.3. The van der Waals surface area contributed by atoms with Crippen molar-refractivity contribution in [2.45, 2.75) is 6.61 Å². The van der Waals surface area contributed by atoms with E-state index in [0.29, 0.717) is 16.7 Å². The molecule has 0 aliphatic heterocycles. The maximum Gasteiger partial charge on any atom is 0.142 e. The van der Waals surface area contributed by atoms with E-state index in [1.807, 2.05) is 72.8 Å². The van der Waals surface area contributed by atoms with Crippen LogP contribution in [0.3, 0.4) is 0 Å². The Labute approximate surface area is 202 Å². The number of rotatable bonds is 6. The second kappa shape index (κ2) is 9.53. The van der Waals surface area contributed by atoms with Gasteiger partial charge in [-0.2, -0.15) is 0 Å². The van der Waals surface area contributed by atoms with Crippen molar-refractivity contribution in [1.29, 1.82) is 0 Å². The second-order valence-electron chi connectivity index (χ2n) is 7.56. The van der Waals surface area contributed by atoms with Crippen molar-refractivity contribution >= 4 is 23.2 Å². The van der Waals surface area contributed by atoms with Crippen molar-refractivity contribution in [2.24, 2.45) is 0 Å². The predicted octanol–water partition coefficient (Wildman–Crippen LogP) is 8.30. The number of benzene rings is 4. The van der Waals surface area contributed by atoms with Crippen molar-refractivity contribution in [1.82, 2.24) is 9.97 Å². The number of hydrogen-bond donors (Lipinski definition) is 1. The Kier molecular flexibility index (Phi) is 6.16. The van der Waals surface area contributed by atoms with Gasteiger partial charge in [-0.05, 0) is 24.3 Å². The molecular formula is C28H20Cl2N2O. The molecule has 0 bridgehead atoms. The first kappa shape index (κ1) is 21.3. The molecule has 4 aromatic carbocycles. The van der Waals surface area contributed by atoms with Crippen LogP contribution >= 0.6 is 23.2 Å². The van der Waals surface area contributed by atoms with Gasteiger partial charge in [0.15, 0.2) is 0 Å². The van der Waals surface area contributed by atoms with Gasteiger partial charge in [0.2, 0.25) is 0 Å². The zero-order valence-electron chi connectivity index (χ0n) is 17.6. The molecule has 0 atom stereocenters. The summed E-state index contributed by atoms with van der Waals surface area (Å²) in [6.45, 7) is 0.324. The topological polar surface area (TPSA) is 37.9 Å². The molecule has 162 valence electrons. The highest BCUT2D eigenvalue weighted by atomic mass is 35.5. The van der Waals surface area contributed by atoms with Gasteiger partial charge in [0, 0.05) is 26.7 Å². The van der Waals surface area contributed by atoms with E-state index >= 15 is 0 Å². The number of nitrogens with zero attached hydrogens (tertiary/aromatic N) is 1. The second-order valence-corrected chi connectivity index (χ2v) is 8.41. The van der Waals surface area contributed by atoms with Crippen LogP contribution in [-0.4, -0.2) is 9.97 Å². The first-order valence-corrected chi connectivity index (χ1v) is 11.3. The molecule has 0 radical (unpaired) electrons. The molecule has 5 rings (SSSR count). The third-order valence-electron chi connectivity index (χ3n) is 5.35. The molecule has 1 N–H and O–H groups in total. The van der Waals surface area contributed by atoms with E-state index in [9.17, 15) is 0 Å². The Morgan fingerprint density at radius 2 is 1.39 bits per heavy atom. The van der Waals surface area contributed by atoms with Gasteiger partial charge in [0.25, 0.3) is 0 Å². The fourth-order valence-corrected chi connectivity index (χ4v) is 4.16. The van der Waals surface area contributed by atoms with E-state index in [0.717, 1.165) is 45.2 Å². The number of aromatic amines is 1. The number of H-pyrrole nitrogens is 1. The molecule has 0 spiro atoms. The minimum atomic E-state index is 0.324. The summed E-state index contributed by atoms with van der Waals surface area (Å²) < 4.78 is 6.17. The van der Waals surface area contributed by atoms with Gasteiger partial charge in [0.1, 0.15) is 18.2 Å². The first-order valence-electron chi connectivity index (χ1n) is 10.6. The zero-order chi connectivity index (χ0) is 22.6. The monoisotopic (exact) mass is 470 g/mol. The van der Waals surface area contributed by atoms with Gasteiger partial charge in [-0.25, -0.2) is 4.98 Å². The summed E-state index contributed by atoms with van der Waals surface area (Å²) in [5, 5.41) is 1.18. The van der Waals surface area contributed by atoms with Gasteiger partial charge >= 0.3 is 0 Å². The van der Waals surface area contributed by atoms with Crippen LogP contribution < -0.4 is 4.74 Å². The summed E-state index contributed by atoms with van der Waals surface area (Å²) in [5.41, 5.74) is 5.72. The maximum absolute atomic E-state index is 6.33. The van der Waals surface area contributed by atoms with Crippen LogP contribution in [-0.2, 0) is 6.61 Å². The van der Waals surface area contributed by atoms with Crippen molar-refractivity contribution < 1.29 is 4.74 Å². The Morgan fingerprint density at radius 3 is 2.12 bits per heavy atom. The minimum absolute atomic E-state index is 0.324. The molecule has 0 aliphatic carbocycles. The lowest BCUT2D eigenvalue weighted by molar-refractivity contribution is 0.307. The number of para-hydroxylation sites is 1. The number of ether oxygens (including phenoxy) is 1. The Balaban J connectivity index is 1.54. The fraction of sp³-hybridized carbons (Fsp3) is 0.0357. The van der Waals surface area contributed by atoms with Gasteiger partial charge in [-0.3, -0.25) is 0 Å². The van der Waals surface area contributed by atoms with Crippen LogP contribution in [0.2, 0.25) is 10.0 Å². The summed E-state index contributed by atoms with van der Waals surface area (Å²) in [4.78, 5) is 8.53. The Morgan fingerprint density at radius 1 is 0.727 bits per heavy atom. The molecule has 3 nitrogen and oxygen atoms in total. The first-order chi connectivity index (χ1) is 16.2. The van der Waals surface area contributed by atoms with Crippen LogP contribution in [0, 0.1) is 0 Å². The van der Waals surface area contributed by atoms with Gasteiger partial charge in [0.05, 0.1) is 17.0 Å². The van der Waals surface area contributed by atoms with Crippen molar-refractivity contribution in [3.05, 3.63) is 119 Å². The molecule has 0 fully saturated rings. The van der Waals surface area contributed by atoms with E-state index in [4.69, 9.17) is 32.9 Å². The highest BCUT2D eigenvalue weighted by molar-refractivity contribution is 6.35. The number of aromatic nitrogens is 2. The molecular weight excluding hydrogens is 451 g/mol. The highest BCUT2D eigenvalue weighted by Gasteiger charge is 2.17. The Bertz CT molecular complexity index is 1320. The average Bonchev–Trinajstić information content (AvgIpc) is 3.30. The molecule has 0 saturated carbocycles. The highest BCUT2D eigenvalue weighted by Crippen LogP contribution is 2.36. The van der Waals surface area contributed by atoms with Crippen LogP contribution in [0.1, 0.15) is 5.56 Å². The number of halogens is 2. The van der Waals surface area contributed by atoms with E-state index in [-0.39, 0.29) is 0 Å². The quantitative estimate of drug-likeness (QED) is 0.271. The van der Waals surface area contributed by atoms with Crippen LogP contribution in [0.15, 0.2) is 103 Å². The lowest BCUT2D eigenvalue weighted by Crippen LogP contribution is -1.98. The molecule has 0 saturated heterocycles. The maximum atomic E-state index is 6.33. The number of imidazole rings is 1. The van der Waals surface area contributed by atoms with Gasteiger partial charge in [-0.1, -0.05) is 102 Å². The van der Waals surface area contributed by atoms with Crippen molar-refractivity contribution in [2.75, 3.05) is 0 Å². The largest absolute Gasteiger partial charge is 0.488 e. The summed E-state index contributed by atoms with van der Waals surface area (Å²) in [7, 11) is 0. The van der Waals surface area contributed by atoms with Gasteiger partial charge in [-0.15, -0.1) is 0 Å². The predicted molar refractivity (Wildman–Crippen MR) is 136 cm³/mol. The van der Waals surface area contributed by atoms with Crippen LogP contribution in [0.4, 0.5) is 0 Å². The smallest absolute Gasteiger partial charge is 0.142 e. The van der Waals surface area contributed by atoms with Crippen molar-refractivity contribution in [3.63, 3.8) is 0 Å². The lowest BCUT2D eigenvalue weighted by atomic mass is 10.1. The van der Waals surface area contributed by atoms with E-state index in [1.165, 1.54) is 0 Å². The molecule has 1 aromatic heterocycles. The zero-order valence-corrected chi connectivity index (χ0v) is 19.1. The summed E-state index contributed by atoms with van der Waals surface area (Å²) in [6, 6.07) is 33.7.